The van der Waals surface area contributed by atoms with Crippen LogP contribution in [0.5, 0.6) is 0 Å². The molecule has 0 bridgehead atoms. The fourth-order valence-corrected chi connectivity index (χ4v) is 1.43. The second-order valence-electron chi connectivity index (χ2n) is 3.75. The highest BCUT2D eigenvalue weighted by Gasteiger charge is 2.14. The minimum Gasteiger partial charge on any atom is -0.459 e. The van der Waals surface area contributed by atoms with Crippen molar-refractivity contribution in [3.63, 3.8) is 0 Å². The molecule has 5 heteroatoms. The van der Waals surface area contributed by atoms with E-state index in [1.165, 1.54) is 6.92 Å². The molecule has 18 heavy (non-hydrogen) atoms. The van der Waals surface area contributed by atoms with E-state index in [0.717, 1.165) is 0 Å². The molecular formula is C13H15ClO4. The lowest BCUT2D eigenvalue weighted by Crippen LogP contribution is -2.23. The molecule has 1 aromatic carbocycles. The standard InChI is InChI=1S/C13H15ClO4/c1-3-12(18-9(2)15)8-17-13(16)10-4-6-11(14)7-5-10/h4-7,12H,3,8H2,1-2H3. The molecule has 0 N–H and O–H groups in total. The first kappa shape index (κ1) is 14.5. The van der Waals surface area contributed by atoms with E-state index < -0.39 is 12.1 Å². The van der Waals surface area contributed by atoms with E-state index in [0.29, 0.717) is 17.0 Å². The Balaban J connectivity index is 2.49. The summed E-state index contributed by atoms with van der Waals surface area (Å²) in [6.07, 6.45) is 0.187. The van der Waals surface area contributed by atoms with Gasteiger partial charge in [0.05, 0.1) is 5.56 Å². The molecule has 0 aliphatic carbocycles. The summed E-state index contributed by atoms with van der Waals surface area (Å²) in [4.78, 5) is 22.4. The fraction of sp³-hybridized carbons (Fsp3) is 0.385. The molecule has 0 fully saturated rings. The summed E-state index contributed by atoms with van der Waals surface area (Å²) < 4.78 is 10.0. The predicted molar refractivity (Wildman–Crippen MR) is 67.6 cm³/mol. The van der Waals surface area contributed by atoms with Crippen LogP contribution in [-0.2, 0) is 14.3 Å². The Morgan fingerprint density at radius 3 is 2.39 bits per heavy atom. The van der Waals surface area contributed by atoms with Gasteiger partial charge >= 0.3 is 11.9 Å². The number of hydrogen-bond donors (Lipinski definition) is 0. The van der Waals surface area contributed by atoms with Crippen LogP contribution < -0.4 is 0 Å². The van der Waals surface area contributed by atoms with Gasteiger partial charge in [0.15, 0.2) is 0 Å². The first-order valence-corrected chi connectivity index (χ1v) is 6.00. The largest absolute Gasteiger partial charge is 0.459 e. The van der Waals surface area contributed by atoms with Crippen LogP contribution in [0.1, 0.15) is 30.6 Å². The van der Waals surface area contributed by atoms with Crippen molar-refractivity contribution in [1.82, 2.24) is 0 Å². The SMILES string of the molecule is CCC(COC(=O)c1ccc(Cl)cc1)OC(C)=O. The van der Waals surface area contributed by atoms with E-state index in [4.69, 9.17) is 21.1 Å². The Bertz CT molecular complexity index is 414. The third-order valence-corrected chi connectivity index (χ3v) is 2.52. The van der Waals surface area contributed by atoms with Crippen LogP contribution >= 0.6 is 11.6 Å². The van der Waals surface area contributed by atoms with Crippen molar-refractivity contribution in [2.24, 2.45) is 0 Å². The van der Waals surface area contributed by atoms with Gasteiger partial charge in [-0.2, -0.15) is 0 Å². The number of hydrogen-bond acceptors (Lipinski definition) is 4. The maximum absolute atomic E-state index is 11.7. The van der Waals surface area contributed by atoms with Crippen LogP contribution in [0.3, 0.4) is 0 Å². The Morgan fingerprint density at radius 1 is 1.28 bits per heavy atom. The zero-order valence-electron chi connectivity index (χ0n) is 10.3. The van der Waals surface area contributed by atoms with Crippen LogP contribution in [-0.4, -0.2) is 24.6 Å². The van der Waals surface area contributed by atoms with E-state index in [1.807, 2.05) is 6.92 Å². The summed E-state index contributed by atoms with van der Waals surface area (Å²) >= 11 is 5.71. The minimum absolute atomic E-state index is 0.0531. The Kier molecular flexibility index (Phi) is 5.65. The molecule has 0 aromatic heterocycles. The number of carbonyl (C=O) groups is 2. The smallest absolute Gasteiger partial charge is 0.338 e. The van der Waals surface area contributed by atoms with E-state index in [-0.39, 0.29) is 12.6 Å². The second-order valence-corrected chi connectivity index (χ2v) is 4.18. The number of rotatable bonds is 5. The summed E-state index contributed by atoms with van der Waals surface area (Å²) in [6.45, 7) is 3.23. The fourth-order valence-electron chi connectivity index (χ4n) is 1.31. The average Bonchev–Trinajstić information content (AvgIpc) is 2.34. The third-order valence-electron chi connectivity index (χ3n) is 2.27. The van der Waals surface area contributed by atoms with Crippen LogP contribution in [0.25, 0.3) is 0 Å². The molecule has 1 unspecified atom stereocenters. The molecule has 0 aliphatic rings. The van der Waals surface area contributed by atoms with Crippen molar-refractivity contribution in [2.45, 2.75) is 26.4 Å². The molecule has 0 amide bonds. The zero-order chi connectivity index (χ0) is 13.5. The monoisotopic (exact) mass is 270 g/mol. The molecule has 1 aromatic rings. The molecule has 0 spiro atoms. The Labute approximate surface area is 111 Å². The molecule has 0 aliphatic heterocycles. The second kappa shape index (κ2) is 7.01. The van der Waals surface area contributed by atoms with Gasteiger partial charge in [0, 0.05) is 11.9 Å². The van der Waals surface area contributed by atoms with Crippen molar-refractivity contribution >= 4 is 23.5 Å². The van der Waals surface area contributed by atoms with Crippen molar-refractivity contribution in [2.75, 3.05) is 6.61 Å². The predicted octanol–water partition coefficient (Wildman–Crippen LogP) is 2.84. The Morgan fingerprint density at radius 2 is 1.89 bits per heavy atom. The summed E-state index contributed by atoms with van der Waals surface area (Å²) in [5.74, 6) is -0.846. The first-order valence-electron chi connectivity index (χ1n) is 5.62. The zero-order valence-corrected chi connectivity index (χ0v) is 11.1. The number of halogens is 1. The van der Waals surface area contributed by atoms with Crippen LogP contribution in [0, 0.1) is 0 Å². The van der Waals surface area contributed by atoms with Crippen molar-refractivity contribution in [3.05, 3.63) is 34.9 Å². The van der Waals surface area contributed by atoms with Gasteiger partial charge in [-0.15, -0.1) is 0 Å². The molecular weight excluding hydrogens is 256 g/mol. The molecule has 1 atom stereocenters. The van der Waals surface area contributed by atoms with Gasteiger partial charge in [0.2, 0.25) is 0 Å². The minimum atomic E-state index is -0.461. The first-order chi connectivity index (χ1) is 8.52. The summed E-state index contributed by atoms with van der Waals surface area (Å²) in [6, 6.07) is 6.39. The van der Waals surface area contributed by atoms with Gasteiger partial charge in [-0.05, 0) is 30.7 Å². The number of ether oxygens (including phenoxy) is 2. The maximum Gasteiger partial charge on any atom is 0.338 e. The number of benzene rings is 1. The molecule has 1 rings (SSSR count). The van der Waals surface area contributed by atoms with E-state index in [9.17, 15) is 9.59 Å². The van der Waals surface area contributed by atoms with Gasteiger partial charge in [0.25, 0.3) is 0 Å². The molecule has 98 valence electrons. The third kappa shape index (κ3) is 4.75. The number of carbonyl (C=O) groups excluding carboxylic acids is 2. The van der Waals surface area contributed by atoms with Crippen molar-refractivity contribution in [1.29, 1.82) is 0 Å². The van der Waals surface area contributed by atoms with Crippen molar-refractivity contribution < 1.29 is 19.1 Å². The normalized spacial score (nSPS) is 11.7. The molecule has 0 heterocycles. The summed E-state index contributed by atoms with van der Waals surface area (Å²) in [7, 11) is 0. The van der Waals surface area contributed by atoms with Crippen LogP contribution in [0.15, 0.2) is 24.3 Å². The lowest BCUT2D eigenvalue weighted by Gasteiger charge is -2.15. The molecule has 0 radical (unpaired) electrons. The highest BCUT2D eigenvalue weighted by Crippen LogP contribution is 2.11. The van der Waals surface area contributed by atoms with E-state index in [1.54, 1.807) is 24.3 Å². The van der Waals surface area contributed by atoms with Gasteiger partial charge < -0.3 is 9.47 Å². The van der Waals surface area contributed by atoms with Gasteiger partial charge in [0.1, 0.15) is 12.7 Å². The summed E-state index contributed by atoms with van der Waals surface area (Å²) in [5, 5.41) is 0.554. The molecule has 4 nitrogen and oxygen atoms in total. The van der Waals surface area contributed by atoms with Crippen molar-refractivity contribution in [3.8, 4) is 0 Å². The van der Waals surface area contributed by atoms with Crippen LogP contribution in [0.2, 0.25) is 5.02 Å². The highest BCUT2D eigenvalue weighted by atomic mass is 35.5. The lowest BCUT2D eigenvalue weighted by atomic mass is 10.2. The quantitative estimate of drug-likeness (QED) is 0.772. The summed E-state index contributed by atoms with van der Waals surface area (Å²) in [5.41, 5.74) is 0.414. The van der Waals surface area contributed by atoms with E-state index >= 15 is 0 Å². The van der Waals surface area contributed by atoms with Gasteiger partial charge in [-0.3, -0.25) is 4.79 Å². The highest BCUT2D eigenvalue weighted by molar-refractivity contribution is 6.30. The van der Waals surface area contributed by atoms with Gasteiger partial charge in [-0.1, -0.05) is 18.5 Å². The number of esters is 2. The average molecular weight is 271 g/mol. The lowest BCUT2D eigenvalue weighted by molar-refractivity contribution is -0.148. The molecule has 0 saturated heterocycles. The van der Waals surface area contributed by atoms with E-state index in [2.05, 4.69) is 0 Å². The topological polar surface area (TPSA) is 52.6 Å². The molecule has 0 saturated carbocycles. The van der Waals surface area contributed by atoms with Crippen LogP contribution in [0.4, 0.5) is 0 Å². The van der Waals surface area contributed by atoms with Gasteiger partial charge in [-0.25, -0.2) is 4.79 Å². The maximum atomic E-state index is 11.7. The Hall–Kier alpha value is -1.55.